The molecule has 0 radical (unpaired) electrons. The van der Waals surface area contributed by atoms with Crippen molar-refractivity contribution in [1.29, 1.82) is 0 Å². The van der Waals surface area contributed by atoms with Gasteiger partial charge in [0.25, 0.3) is 0 Å². The SMILES string of the molecule is CC(Cc1ccc(Cl)cc1)NC1CCCC1(C)C. The summed E-state index contributed by atoms with van der Waals surface area (Å²) in [5.41, 5.74) is 1.81. The van der Waals surface area contributed by atoms with Crippen LogP contribution in [0, 0.1) is 5.41 Å². The zero-order valence-electron chi connectivity index (χ0n) is 11.7. The van der Waals surface area contributed by atoms with Gasteiger partial charge in [0.1, 0.15) is 0 Å². The second kappa shape index (κ2) is 5.63. The van der Waals surface area contributed by atoms with E-state index in [1.54, 1.807) is 0 Å². The van der Waals surface area contributed by atoms with E-state index in [-0.39, 0.29) is 0 Å². The van der Waals surface area contributed by atoms with Gasteiger partial charge in [0.05, 0.1) is 0 Å². The van der Waals surface area contributed by atoms with Crippen molar-refractivity contribution in [2.24, 2.45) is 5.41 Å². The smallest absolute Gasteiger partial charge is 0.0406 e. The number of nitrogens with one attached hydrogen (secondary N) is 1. The lowest BCUT2D eigenvalue weighted by atomic mass is 9.87. The Kier molecular flexibility index (Phi) is 4.34. The summed E-state index contributed by atoms with van der Waals surface area (Å²) in [6.45, 7) is 7.04. The van der Waals surface area contributed by atoms with Crippen molar-refractivity contribution in [2.45, 2.75) is 58.5 Å². The van der Waals surface area contributed by atoms with Gasteiger partial charge >= 0.3 is 0 Å². The van der Waals surface area contributed by atoms with Crippen molar-refractivity contribution in [3.63, 3.8) is 0 Å². The molecule has 0 bridgehead atoms. The second-order valence-corrected chi connectivity index (χ2v) is 6.77. The fourth-order valence-electron chi connectivity index (χ4n) is 3.01. The van der Waals surface area contributed by atoms with E-state index in [0.29, 0.717) is 17.5 Å². The highest BCUT2D eigenvalue weighted by atomic mass is 35.5. The molecular weight excluding hydrogens is 242 g/mol. The average molecular weight is 266 g/mol. The summed E-state index contributed by atoms with van der Waals surface area (Å²) in [6, 6.07) is 9.39. The van der Waals surface area contributed by atoms with Gasteiger partial charge in [-0.05, 0) is 49.3 Å². The third-order valence-corrected chi connectivity index (χ3v) is 4.45. The van der Waals surface area contributed by atoms with Crippen molar-refractivity contribution in [1.82, 2.24) is 5.32 Å². The fraction of sp³-hybridized carbons (Fsp3) is 0.625. The van der Waals surface area contributed by atoms with E-state index in [2.05, 4.69) is 38.2 Å². The maximum Gasteiger partial charge on any atom is 0.0406 e. The van der Waals surface area contributed by atoms with Crippen molar-refractivity contribution >= 4 is 11.6 Å². The summed E-state index contributed by atoms with van der Waals surface area (Å²) >= 11 is 5.91. The Morgan fingerprint density at radius 3 is 2.56 bits per heavy atom. The lowest BCUT2D eigenvalue weighted by Gasteiger charge is -2.31. The number of benzene rings is 1. The van der Waals surface area contributed by atoms with Crippen molar-refractivity contribution < 1.29 is 0 Å². The van der Waals surface area contributed by atoms with Gasteiger partial charge in [0, 0.05) is 17.1 Å². The van der Waals surface area contributed by atoms with Crippen molar-refractivity contribution in [2.75, 3.05) is 0 Å². The van der Waals surface area contributed by atoms with E-state index in [4.69, 9.17) is 11.6 Å². The van der Waals surface area contributed by atoms with Crippen LogP contribution < -0.4 is 5.32 Å². The number of hydrogen-bond acceptors (Lipinski definition) is 1. The van der Waals surface area contributed by atoms with E-state index in [1.807, 2.05) is 12.1 Å². The molecule has 1 N–H and O–H groups in total. The standard InChI is InChI=1S/C16H24ClN/c1-12(11-13-6-8-14(17)9-7-13)18-15-5-4-10-16(15,2)3/h6-9,12,15,18H,4-5,10-11H2,1-3H3. The molecule has 0 aliphatic heterocycles. The zero-order valence-corrected chi connectivity index (χ0v) is 12.4. The molecule has 1 fully saturated rings. The third kappa shape index (κ3) is 3.49. The molecule has 0 amide bonds. The predicted octanol–water partition coefficient (Wildman–Crippen LogP) is 4.44. The summed E-state index contributed by atoms with van der Waals surface area (Å²) in [5.74, 6) is 0. The van der Waals surface area contributed by atoms with E-state index in [0.717, 1.165) is 11.4 Å². The van der Waals surface area contributed by atoms with E-state index in [1.165, 1.54) is 24.8 Å². The van der Waals surface area contributed by atoms with Gasteiger partial charge in [-0.15, -0.1) is 0 Å². The average Bonchev–Trinajstić information content (AvgIpc) is 2.62. The van der Waals surface area contributed by atoms with Crippen LogP contribution in [0.4, 0.5) is 0 Å². The molecule has 1 aromatic rings. The van der Waals surface area contributed by atoms with Crippen LogP contribution in [-0.2, 0) is 6.42 Å². The Morgan fingerprint density at radius 2 is 2.00 bits per heavy atom. The van der Waals surface area contributed by atoms with Crippen LogP contribution in [0.15, 0.2) is 24.3 Å². The summed E-state index contributed by atoms with van der Waals surface area (Å²) in [5, 5.41) is 4.62. The largest absolute Gasteiger partial charge is 0.311 e. The molecule has 100 valence electrons. The van der Waals surface area contributed by atoms with Crippen molar-refractivity contribution in [3.8, 4) is 0 Å². The summed E-state index contributed by atoms with van der Waals surface area (Å²) in [6.07, 6.45) is 5.10. The maximum atomic E-state index is 5.91. The molecule has 1 aliphatic carbocycles. The highest BCUT2D eigenvalue weighted by molar-refractivity contribution is 6.30. The number of rotatable bonds is 4. The van der Waals surface area contributed by atoms with Gasteiger partial charge in [-0.2, -0.15) is 0 Å². The highest BCUT2D eigenvalue weighted by Gasteiger charge is 2.34. The van der Waals surface area contributed by atoms with Crippen LogP contribution in [0.1, 0.15) is 45.6 Å². The Morgan fingerprint density at radius 1 is 1.33 bits per heavy atom. The van der Waals surface area contributed by atoms with Crippen LogP contribution >= 0.6 is 11.6 Å². The molecular formula is C16H24ClN. The van der Waals surface area contributed by atoms with Crippen LogP contribution in [0.5, 0.6) is 0 Å². The van der Waals surface area contributed by atoms with Gasteiger partial charge in [-0.3, -0.25) is 0 Å². The minimum absolute atomic E-state index is 0.453. The molecule has 0 spiro atoms. The molecule has 2 heteroatoms. The Bertz CT molecular complexity index is 383. The van der Waals surface area contributed by atoms with Crippen LogP contribution in [-0.4, -0.2) is 12.1 Å². The summed E-state index contributed by atoms with van der Waals surface area (Å²) < 4.78 is 0. The highest BCUT2D eigenvalue weighted by Crippen LogP contribution is 2.37. The fourth-order valence-corrected chi connectivity index (χ4v) is 3.14. The molecule has 0 heterocycles. The maximum absolute atomic E-state index is 5.91. The molecule has 2 unspecified atom stereocenters. The number of hydrogen-bond donors (Lipinski definition) is 1. The monoisotopic (exact) mass is 265 g/mol. The minimum atomic E-state index is 0.453. The Hall–Kier alpha value is -0.530. The second-order valence-electron chi connectivity index (χ2n) is 6.33. The lowest BCUT2D eigenvalue weighted by Crippen LogP contribution is -2.43. The predicted molar refractivity (Wildman–Crippen MR) is 79.2 cm³/mol. The van der Waals surface area contributed by atoms with Gasteiger partial charge in [-0.1, -0.05) is 44.0 Å². The first-order chi connectivity index (χ1) is 8.47. The molecule has 1 aromatic carbocycles. The molecule has 2 rings (SSSR count). The Labute approximate surface area is 116 Å². The lowest BCUT2D eigenvalue weighted by molar-refractivity contribution is 0.265. The van der Waals surface area contributed by atoms with Gasteiger partial charge in [-0.25, -0.2) is 0 Å². The first-order valence-corrected chi connectivity index (χ1v) is 7.36. The van der Waals surface area contributed by atoms with E-state index < -0.39 is 0 Å². The van der Waals surface area contributed by atoms with E-state index >= 15 is 0 Å². The molecule has 1 aliphatic rings. The quantitative estimate of drug-likeness (QED) is 0.849. The van der Waals surface area contributed by atoms with Crippen LogP contribution in [0.2, 0.25) is 5.02 Å². The summed E-state index contributed by atoms with van der Waals surface area (Å²) in [4.78, 5) is 0. The minimum Gasteiger partial charge on any atom is -0.311 e. The third-order valence-electron chi connectivity index (χ3n) is 4.20. The molecule has 0 saturated heterocycles. The van der Waals surface area contributed by atoms with Gasteiger partial charge in [0.2, 0.25) is 0 Å². The molecule has 2 atom stereocenters. The molecule has 1 saturated carbocycles. The first-order valence-electron chi connectivity index (χ1n) is 6.98. The normalized spacial score (nSPS) is 24.1. The van der Waals surface area contributed by atoms with Crippen LogP contribution in [0.3, 0.4) is 0 Å². The Balaban J connectivity index is 1.89. The molecule has 18 heavy (non-hydrogen) atoms. The summed E-state index contributed by atoms with van der Waals surface area (Å²) in [7, 11) is 0. The van der Waals surface area contributed by atoms with Gasteiger partial charge in [0.15, 0.2) is 0 Å². The van der Waals surface area contributed by atoms with Gasteiger partial charge < -0.3 is 5.32 Å². The van der Waals surface area contributed by atoms with E-state index in [9.17, 15) is 0 Å². The molecule has 1 nitrogen and oxygen atoms in total. The topological polar surface area (TPSA) is 12.0 Å². The van der Waals surface area contributed by atoms with Crippen molar-refractivity contribution in [3.05, 3.63) is 34.9 Å². The first kappa shape index (κ1) is 13.9. The number of halogens is 1. The van der Waals surface area contributed by atoms with Crippen LogP contribution in [0.25, 0.3) is 0 Å². The molecule has 0 aromatic heterocycles. The zero-order chi connectivity index (χ0) is 13.2.